The smallest absolute Gasteiger partial charge is 0.413 e. The minimum absolute atomic E-state index is 0.178. The Morgan fingerprint density at radius 3 is 2.30 bits per heavy atom. The number of carbonyl (C=O) groups excluding carboxylic acids is 2. The number of rotatable bonds is 7. The molecule has 0 radical (unpaired) electrons. The molecule has 0 bridgehead atoms. The van der Waals surface area contributed by atoms with Crippen molar-refractivity contribution in [1.82, 2.24) is 4.90 Å². The van der Waals surface area contributed by atoms with E-state index in [1.165, 1.54) is 37.0 Å². The quantitative estimate of drug-likeness (QED) is 0.531. The van der Waals surface area contributed by atoms with Crippen molar-refractivity contribution in [2.75, 3.05) is 6.54 Å². The number of esters is 1. The predicted octanol–water partition coefficient (Wildman–Crippen LogP) is 3.80. The maximum atomic E-state index is 12.6. The van der Waals surface area contributed by atoms with Gasteiger partial charge in [0.25, 0.3) is 6.29 Å². The second-order valence-electron chi connectivity index (χ2n) is 8.19. The molecular weight excluding hydrogens is 350 g/mol. The van der Waals surface area contributed by atoms with E-state index in [9.17, 15) is 19.5 Å². The van der Waals surface area contributed by atoms with Crippen molar-refractivity contribution in [2.24, 2.45) is 17.8 Å². The third-order valence-electron chi connectivity index (χ3n) is 5.60. The van der Waals surface area contributed by atoms with Gasteiger partial charge in [-0.15, -0.1) is 0 Å². The molecule has 2 aliphatic rings. The van der Waals surface area contributed by atoms with Crippen LogP contribution in [0.1, 0.15) is 72.1 Å². The Kier molecular flexibility index (Phi) is 7.92. The van der Waals surface area contributed by atoms with Crippen LogP contribution in [0.15, 0.2) is 0 Å². The highest BCUT2D eigenvalue weighted by Gasteiger charge is 2.42. The summed E-state index contributed by atoms with van der Waals surface area (Å²) in [7, 11) is 0. The van der Waals surface area contributed by atoms with Gasteiger partial charge in [0.05, 0.1) is 0 Å². The number of aliphatic carboxylic acids is 1. The van der Waals surface area contributed by atoms with Crippen LogP contribution in [-0.4, -0.2) is 46.9 Å². The van der Waals surface area contributed by atoms with E-state index in [0.717, 1.165) is 6.42 Å². The molecule has 0 aromatic heterocycles. The Morgan fingerprint density at radius 2 is 1.74 bits per heavy atom. The molecule has 2 rings (SSSR count). The van der Waals surface area contributed by atoms with Crippen LogP contribution >= 0.6 is 0 Å². The first-order valence-electron chi connectivity index (χ1n) is 10.2. The minimum atomic E-state index is -1.01. The summed E-state index contributed by atoms with van der Waals surface area (Å²) >= 11 is 0. The molecule has 0 aromatic rings. The highest BCUT2D eigenvalue weighted by atomic mass is 16.7. The Hall–Kier alpha value is -1.79. The summed E-state index contributed by atoms with van der Waals surface area (Å²) in [4.78, 5) is 37.1. The fraction of sp³-hybridized carbons (Fsp3) is 0.850. The van der Waals surface area contributed by atoms with E-state index in [1.54, 1.807) is 20.8 Å². The van der Waals surface area contributed by atoms with E-state index < -0.39 is 30.4 Å². The van der Waals surface area contributed by atoms with Gasteiger partial charge in [0.2, 0.25) is 0 Å². The fourth-order valence-corrected chi connectivity index (χ4v) is 4.10. The number of ether oxygens (including phenoxy) is 2. The van der Waals surface area contributed by atoms with Gasteiger partial charge in [0.15, 0.2) is 0 Å². The molecule has 1 saturated heterocycles. The molecule has 27 heavy (non-hydrogen) atoms. The number of nitrogens with zero attached hydrogens (tertiary/aromatic N) is 1. The molecule has 154 valence electrons. The third-order valence-corrected chi connectivity index (χ3v) is 5.60. The van der Waals surface area contributed by atoms with Crippen LogP contribution in [0.5, 0.6) is 0 Å². The van der Waals surface area contributed by atoms with Crippen LogP contribution < -0.4 is 0 Å². The lowest BCUT2D eigenvalue weighted by molar-refractivity contribution is -0.177. The topological polar surface area (TPSA) is 93.1 Å². The molecule has 1 saturated carbocycles. The van der Waals surface area contributed by atoms with E-state index in [1.807, 2.05) is 0 Å². The largest absolute Gasteiger partial charge is 0.480 e. The van der Waals surface area contributed by atoms with Gasteiger partial charge in [-0.25, -0.2) is 9.59 Å². The second-order valence-corrected chi connectivity index (χ2v) is 8.19. The summed E-state index contributed by atoms with van der Waals surface area (Å²) in [6.07, 6.45) is 6.05. The molecule has 1 amide bonds. The molecule has 1 heterocycles. The number of carbonyl (C=O) groups is 3. The summed E-state index contributed by atoms with van der Waals surface area (Å²) < 4.78 is 10.5. The molecule has 0 aromatic carbocycles. The predicted molar refractivity (Wildman–Crippen MR) is 98.9 cm³/mol. The normalized spacial score (nSPS) is 24.7. The number of likely N-dealkylation sites (tertiary alicyclic amines) is 1. The molecule has 1 N–H and O–H groups in total. The number of hydrogen-bond donors (Lipinski definition) is 1. The van der Waals surface area contributed by atoms with Gasteiger partial charge < -0.3 is 14.6 Å². The summed E-state index contributed by atoms with van der Waals surface area (Å²) in [5.74, 6) is -0.869. The zero-order valence-corrected chi connectivity index (χ0v) is 16.7. The number of carboxylic acid groups (broad SMARTS) is 1. The van der Waals surface area contributed by atoms with Crippen LogP contribution in [0.2, 0.25) is 0 Å². The van der Waals surface area contributed by atoms with Crippen LogP contribution in [0, 0.1) is 17.8 Å². The zero-order chi connectivity index (χ0) is 20.0. The van der Waals surface area contributed by atoms with Gasteiger partial charge in [-0.3, -0.25) is 9.69 Å². The van der Waals surface area contributed by atoms with Gasteiger partial charge in [-0.05, 0) is 24.7 Å². The molecule has 3 atom stereocenters. The molecule has 0 spiro atoms. The molecule has 1 aliphatic carbocycles. The van der Waals surface area contributed by atoms with Crippen LogP contribution in [0.4, 0.5) is 4.79 Å². The van der Waals surface area contributed by atoms with Crippen molar-refractivity contribution in [3.05, 3.63) is 0 Å². The lowest BCUT2D eigenvalue weighted by Gasteiger charge is -2.27. The standard InChI is InChI=1S/C20H33NO6/c1-4-17(22)26-19(13(2)3)27-20(25)21-12-15(11-16(21)18(23)24)10-14-8-6-5-7-9-14/h13-16,19H,4-12H2,1-3H3,(H,23,24)/t15-,16-,19-/m0/s1. The number of carboxylic acids is 1. The first-order valence-corrected chi connectivity index (χ1v) is 10.2. The highest BCUT2D eigenvalue weighted by molar-refractivity contribution is 5.81. The van der Waals surface area contributed by atoms with Gasteiger partial charge in [0.1, 0.15) is 6.04 Å². The third kappa shape index (κ3) is 6.11. The van der Waals surface area contributed by atoms with Crippen LogP contribution in [-0.2, 0) is 19.1 Å². The summed E-state index contributed by atoms with van der Waals surface area (Å²) in [5, 5.41) is 9.55. The van der Waals surface area contributed by atoms with Crippen molar-refractivity contribution >= 4 is 18.0 Å². The first-order chi connectivity index (χ1) is 12.8. The summed E-state index contributed by atoms with van der Waals surface area (Å²) in [5.41, 5.74) is 0. The molecule has 0 unspecified atom stereocenters. The second kappa shape index (κ2) is 9.95. The van der Waals surface area contributed by atoms with E-state index in [2.05, 4.69) is 0 Å². The zero-order valence-electron chi connectivity index (χ0n) is 16.7. The van der Waals surface area contributed by atoms with Crippen molar-refractivity contribution in [1.29, 1.82) is 0 Å². The van der Waals surface area contributed by atoms with Crippen LogP contribution in [0.25, 0.3) is 0 Å². The highest BCUT2D eigenvalue weighted by Crippen LogP contribution is 2.35. The van der Waals surface area contributed by atoms with E-state index in [0.29, 0.717) is 18.9 Å². The van der Waals surface area contributed by atoms with E-state index >= 15 is 0 Å². The summed E-state index contributed by atoms with van der Waals surface area (Å²) in [6.45, 7) is 5.62. The van der Waals surface area contributed by atoms with Gasteiger partial charge in [-0.2, -0.15) is 0 Å². The van der Waals surface area contributed by atoms with Crippen molar-refractivity contribution in [3.63, 3.8) is 0 Å². The maximum absolute atomic E-state index is 12.6. The van der Waals surface area contributed by atoms with Gasteiger partial charge in [-0.1, -0.05) is 52.9 Å². The molecule has 7 heteroatoms. The van der Waals surface area contributed by atoms with Crippen molar-refractivity contribution < 1.29 is 29.0 Å². The van der Waals surface area contributed by atoms with Gasteiger partial charge in [0, 0.05) is 18.9 Å². The average Bonchev–Trinajstić information content (AvgIpc) is 3.06. The summed E-state index contributed by atoms with van der Waals surface area (Å²) in [6, 6.07) is -0.874. The number of amides is 1. The molecule has 1 aliphatic heterocycles. The van der Waals surface area contributed by atoms with Gasteiger partial charge >= 0.3 is 18.0 Å². The minimum Gasteiger partial charge on any atom is -0.480 e. The monoisotopic (exact) mass is 383 g/mol. The van der Waals surface area contributed by atoms with E-state index in [4.69, 9.17) is 9.47 Å². The lowest BCUT2D eigenvalue weighted by Crippen LogP contribution is -2.43. The first kappa shape index (κ1) is 21.5. The van der Waals surface area contributed by atoms with Crippen molar-refractivity contribution in [3.8, 4) is 0 Å². The fourth-order valence-electron chi connectivity index (χ4n) is 4.10. The van der Waals surface area contributed by atoms with Crippen LogP contribution in [0.3, 0.4) is 0 Å². The Bertz CT molecular complexity index is 529. The molecular formula is C20H33NO6. The molecule has 7 nitrogen and oxygen atoms in total. The Balaban J connectivity index is 1.98. The Labute approximate surface area is 161 Å². The lowest BCUT2D eigenvalue weighted by atomic mass is 9.82. The van der Waals surface area contributed by atoms with Crippen molar-refractivity contribution in [2.45, 2.75) is 84.5 Å². The SMILES string of the molecule is CCC(=O)O[C@@H](OC(=O)N1C[C@@H](CC2CCCCC2)C[C@H]1C(=O)O)C(C)C. The number of hydrogen-bond acceptors (Lipinski definition) is 5. The molecule has 2 fully saturated rings. The maximum Gasteiger partial charge on any atom is 0.413 e. The van der Waals surface area contributed by atoms with E-state index in [-0.39, 0.29) is 18.3 Å². The Morgan fingerprint density at radius 1 is 1.07 bits per heavy atom. The average molecular weight is 383 g/mol.